The molecule has 0 aromatic rings. The van der Waals surface area contributed by atoms with Gasteiger partial charge < -0.3 is 28.8 Å². The highest BCUT2D eigenvalue weighted by molar-refractivity contribution is 5.87. The molecule has 0 spiro atoms. The normalized spacial score (nSPS) is 11.2. The molecule has 0 aliphatic rings. The highest BCUT2D eigenvalue weighted by Gasteiger charge is 2.11. The summed E-state index contributed by atoms with van der Waals surface area (Å²) >= 11 is 0. The maximum absolute atomic E-state index is 9.41. The number of quaternary nitrogens is 2. The molecule has 0 amide bonds. The summed E-state index contributed by atoms with van der Waals surface area (Å²) in [5.41, 5.74) is 0. The molecule has 0 unspecified atom stereocenters. The second-order valence-corrected chi connectivity index (χ2v) is 6.11. The number of hydrogen-bond acceptors (Lipinski definition) is 4. The summed E-state index contributed by atoms with van der Waals surface area (Å²) in [6.45, 7) is 21.0. The lowest BCUT2D eigenvalue weighted by atomic mass is 10.4. The number of aliphatic carboxylic acids is 2. The maximum atomic E-state index is 9.41. The molecule has 0 aromatic carbocycles. The number of rotatable bonds is 8. The van der Waals surface area contributed by atoms with Crippen molar-refractivity contribution in [1.29, 1.82) is 0 Å². The van der Waals surface area contributed by atoms with Crippen LogP contribution >= 0.6 is 0 Å². The van der Waals surface area contributed by atoms with Gasteiger partial charge in [0.2, 0.25) is 0 Å². The summed E-state index contributed by atoms with van der Waals surface area (Å²) < 4.78 is 2.42. The predicted octanol–water partition coefficient (Wildman–Crippen LogP) is 0.0278. The van der Waals surface area contributed by atoms with Gasteiger partial charge in [-0.1, -0.05) is 0 Å². The smallest absolute Gasteiger partial charge is 0.0755 e. The second-order valence-electron chi connectivity index (χ2n) is 6.11. The molecule has 6 nitrogen and oxygen atoms in total. The minimum atomic E-state index is -1.55. The fraction of sp³-hybridized carbons (Fsp3) is 0.778. The number of nitrogens with zero attached hydrogens (tertiary/aromatic N) is 2. The van der Waals surface area contributed by atoms with Gasteiger partial charge in [0.15, 0.2) is 0 Å². The Morgan fingerprint density at radius 2 is 0.792 bits per heavy atom. The highest BCUT2D eigenvalue weighted by atomic mass is 16.4. The number of carbonyl (C=O) groups is 2. The summed E-state index contributed by atoms with van der Waals surface area (Å²) in [6.07, 6.45) is 0.769. The molecule has 0 aliphatic carbocycles. The number of carboxylic acids is 2. The van der Waals surface area contributed by atoms with Gasteiger partial charge in [0, 0.05) is 0 Å². The average Bonchev–Trinajstić information content (AvgIpc) is 2.59. The molecular formula is C18H38N2O4. The monoisotopic (exact) mass is 346 g/mol. The number of hydrogen-bond donors (Lipinski definition) is 0. The average molecular weight is 347 g/mol. The third-order valence-corrected chi connectivity index (χ3v) is 4.94. The first-order valence-electron chi connectivity index (χ1n) is 8.76. The minimum absolute atomic E-state index is 0.384. The summed E-state index contributed by atoms with van der Waals surface area (Å²) in [4.78, 5) is 18.8. The molecule has 0 radical (unpaired) electrons. The van der Waals surface area contributed by atoms with Crippen LogP contribution in [0, 0.1) is 0 Å². The fourth-order valence-corrected chi connectivity index (χ4v) is 1.48. The third kappa shape index (κ3) is 17.0. The van der Waals surface area contributed by atoms with Crippen LogP contribution in [-0.4, -0.2) is 74.3 Å². The van der Waals surface area contributed by atoms with Gasteiger partial charge in [-0.3, -0.25) is 0 Å². The Labute approximate surface area is 148 Å². The molecule has 0 saturated carbocycles. The van der Waals surface area contributed by atoms with E-state index in [0.29, 0.717) is 12.2 Å². The lowest BCUT2D eigenvalue weighted by Crippen LogP contribution is -2.42. The quantitative estimate of drug-likeness (QED) is 0.459. The molecule has 24 heavy (non-hydrogen) atoms. The van der Waals surface area contributed by atoms with Gasteiger partial charge >= 0.3 is 0 Å². The minimum Gasteiger partial charge on any atom is -0.545 e. The Hall–Kier alpha value is -1.40. The van der Waals surface area contributed by atoms with E-state index in [9.17, 15) is 19.8 Å². The zero-order valence-corrected chi connectivity index (χ0v) is 16.9. The Morgan fingerprint density at radius 3 is 0.833 bits per heavy atom. The van der Waals surface area contributed by atoms with E-state index in [1.165, 1.54) is 48.2 Å². The van der Waals surface area contributed by atoms with E-state index in [0.717, 1.165) is 0 Å². The topological polar surface area (TPSA) is 80.3 Å². The zero-order valence-electron chi connectivity index (χ0n) is 16.9. The van der Waals surface area contributed by atoms with Gasteiger partial charge in [0.05, 0.1) is 65.3 Å². The van der Waals surface area contributed by atoms with E-state index in [1.54, 1.807) is 0 Å². The maximum Gasteiger partial charge on any atom is 0.0755 e. The Bertz CT molecular complexity index is 310. The molecule has 0 aliphatic heterocycles. The molecule has 0 fully saturated rings. The standard InChI is InChI=1S/2C7H18N.C4H4O4/c2*1-5-8(4,6-2)7-3;5-3(6)1-2-4(7)8/h2*5-7H2,1-4H3;1-2H,(H,5,6)(H,7,8)/q2*+1;/p-2/b;;2-1-. The number of carboxylic acid groups (broad SMARTS) is 2. The lowest BCUT2D eigenvalue weighted by molar-refractivity contribution is -0.904. The van der Waals surface area contributed by atoms with Crippen LogP contribution in [0.15, 0.2) is 12.2 Å². The molecule has 0 aromatic heterocycles. The first-order valence-corrected chi connectivity index (χ1v) is 8.76. The van der Waals surface area contributed by atoms with E-state index >= 15 is 0 Å². The van der Waals surface area contributed by atoms with E-state index in [2.05, 4.69) is 55.6 Å². The van der Waals surface area contributed by atoms with Crippen LogP contribution in [0.4, 0.5) is 0 Å². The third-order valence-electron chi connectivity index (χ3n) is 4.94. The van der Waals surface area contributed by atoms with Crippen molar-refractivity contribution >= 4 is 11.9 Å². The second kappa shape index (κ2) is 15.1. The van der Waals surface area contributed by atoms with Gasteiger partial charge in [-0.2, -0.15) is 0 Å². The van der Waals surface area contributed by atoms with Crippen LogP contribution in [0.2, 0.25) is 0 Å². The van der Waals surface area contributed by atoms with Crippen LogP contribution in [0.1, 0.15) is 41.5 Å². The summed E-state index contributed by atoms with van der Waals surface area (Å²) in [5, 5.41) is 18.8. The SMILES string of the molecule is CC[N+](C)(CC)CC.CC[N+](C)(CC)CC.O=C([O-])/C=C\C(=O)[O-]. The van der Waals surface area contributed by atoms with Crippen molar-refractivity contribution < 1.29 is 28.8 Å². The van der Waals surface area contributed by atoms with Gasteiger partial charge in [-0.15, -0.1) is 0 Å². The van der Waals surface area contributed by atoms with Gasteiger partial charge in [0.25, 0.3) is 0 Å². The molecule has 0 atom stereocenters. The molecule has 0 bridgehead atoms. The van der Waals surface area contributed by atoms with Crippen molar-refractivity contribution in [2.45, 2.75) is 41.5 Å². The molecule has 0 rings (SSSR count). The highest BCUT2D eigenvalue weighted by Crippen LogP contribution is 1.98. The van der Waals surface area contributed by atoms with Crippen LogP contribution < -0.4 is 10.2 Å². The van der Waals surface area contributed by atoms with Crippen molar-refractivity contribution in [2.75, 3.05) is 53.4 Å². The molecule has 6 heteroatoms. The van der Waals surface area contributed by atoms with Crippen molar-refractivity contribution in [3.8, 4) is 0 Å². The van der Waals surface area contributed by atoms with Crippen LogP contribution in [0.3, 0.4) is 0 Å². The Kier molecular flexibility index (Phi) is 17.3. The van der Waals surface area contributed by atoms with E-state index < -0.39 is 11.9 Å². The van der Waals surface area contributed by atoms with Gasteiger partial charge in [-0.25, -0.2) is 0 Å². The van der Waals surface area contributed by atoms with Gasteiger partial charge in [0.1, 0.15) is 0 Å². The van der Waals surface area contributed by atoms with E-state index in [4.69, 9.17) is 0 Å². The predicted molar refractivity (Wildman–Crippen MR) is 94.8 cm³/mol. The van der Waals surface area contributed by atoms with Crippen LogP contribution in [0.5, 0.6) is 0 Å². The van der Waals surface area contributed by atoms with E-state index in [1.807, 2.05) is 0 Å². The molecular weight excluding hydrogens is 308 g/mol. The Morgan fingerprint density at radius 1 is 0.625 bits per heavy atom. The molecule has 0 heterocycles. The molecule has 0 N–H and O–H groups in total. The first kappa shape index (κ1) is 27.4. The molecule has 0 saturated heterocycles. The summed E-state index contributed by atoms with van der Waals surface area (Å²) in [7, 11) is 4.58. The summed E-state index contributed by atoms with van der Waals surface area (Å²) in [6, 6.07) is 0. The largest absolute Gasteiger partial charge is 0.545 e. The van der Waals surface area contributed by atoms with Crippen molar-refractivity contribution in [3.63, 3.8) is 0 Å². The zero-order chi connectivity index (χ0) is 19.8. The van der Waals surface area contributed by atoms with Crippen molar-refractivity contribution in [3.05, 3.63) is 12.2 Å². The van der Waals surface area contributed by atoms with Gasteiger partial charge in [-0.05, 0) is 53.7 Å². The fourth-order valence-electron chi connectivity index (χ4n) is 1.48. The van der Waals surface area contributed by atoms with E-state index in [-0.39, 0.29) is 0 Å². The lowest BCUT2D eigenvalue weighted by Gasteiger charge is -2.30. The van der Waals surface area contributed by atoms with Crippen molar-refractivity contribution in [1.82, 2.24) is 0 Å². The summed E-state index contributed by atoms with van der Waals surface area (Å²) in [5.74, 6) is -3.09. The molecule has 144 valence electrons. The van der Waals surface area contributed by atoms with Crippen LogP contribution in [0.25, 0.3) is 0 Å². The number of carbonyl (C=O) groups excluding carboxylic acids is 2. The first-order chi connectivity index (χ1) is 11.0. The van der Waals surface area contributed by atoms with Crippen LogP contribution in [-0.2, 0) is 9.59 Å². The Balaban J connectivity index is -0.000000276. The van der Waals surface area contributed by atoms with Crippen molar-refractivity contribution in [2.24, 2.45) is 0 Å².